The number of benzene rings is 1. The molecule has 1 nitrogen and oxygen atoms in total. The number of hydrogen-bond donors (Lipinski definition) is 1. The second-order valence-electron chi connectivity index (χ2n) is 10.6. The fraction of sp³-hybridized carbons (Fsp3) is 0.769. The van der Waals surface area contributed by atoms with Gasteiger partial charge in [0.05, 0.1) is 0 Å². The monoisotopic (exact) mass is 374 g/mol. The summed E-state index contributed by atoms with van der Waals surface area (Å²) in [6.45, 7) is 27.7. The van der Waals surface area contributed by atoms with Gasteiger partial charge in [0.25, 0.3) is 0 Å². The van der Waals surface area contributed by atoms with Crippen molar-refractivity contribution in [2.24, 2.45) is 17.8 Å². The minimum atomic E-state index is 0.120. The van der Waals surface area contributed by atoms with E-state index in [1.807, 2.05) is 0 Å². The third-order valence-electron chi connectivity index (χ3n) is 6.49. The standard InChI is InChI=1S/C26H46O/c1-15(2)14-26(19(9)10,20(11)12)22-13-21(16(3)4)25(27)24(18(7)8)23(22)17(5)6/h13,15-20,27H,14H2,1-12H3. The van der Waals surface area contributed by atoms with Crippen LogP contribution in [0.4, 0.5) is 0 Å². The van der Waals surface area contributed by atoms with Crippen LogP contribution >= 0.6 is 0 Å². The number of phenols is 1. The molecule has 0 aliphatic rings. The van der Waals surface area contributed by atoms with Gasteiger partial charge in [0, 0.05) is 11.0 Å². The van der Waals surface area contributed by atoms with Crippen LogP contribution in [0.25, 0.3) is 0 Å². The van der Waals surface area contributed by atoms with E-state index >= 15 is 0 Å². The molecule has 0 unspecified atom stereocenters. The molecule has 0 radical (unpaired) electrons. The molecule has 1 aromatic rings. The maximum atomic E-state index is 11.2. The smallest absolute Gasteiger partial charge is 0.122 e. The highest BCUT2D eigenvalue weighted by atomic mass is 16.3. The van der Waals surface area contributed by atoms with Crippen molar-refractivity contribution in [1.82, 2.24) is 0 Å². The number of phenolic OH excluding ortho intramolecular Hbond substituents is 1. The van der Waals surface area contributed by atoms with E-state index in [-0.39, 0.29) is 5.41 Å². The van der Waals surface area contributed by atoms with Gasteiger partial charge in [-0.3, -0.25) is 0 Å². The summed E-state index contributed by atoms with van der Waals surface area (Å²) in [5, 5.41) is 11.2. The van der Waals surface area contributed by atoms with Crippen LogP contribution < -0.4 is 0 Å². The summed E-state index contributed by atoms with van der Waals surface area (Å²) >= 11 is 0. The highest BCUT2D eigenvalue weighted by Crippen LogP contribution is 2.51. The predicted molar refractivity (Wildman–Crippen MR) is 121 cm³/mol. The molecule has 1 aromatic carbocycles. The largest absolute Gasteiger partial charge is 0.507 e. The topological polar surface area (TPSA) is 20.2 Å². The second kappa shape index (κ2) is 9.01. The zero-order valence-electron chi connectivity index (χ0n) is 20.2. The third kappa shape index (κ3) is 4.54. The second-order valence-corrected chi connectivity index (χ2v) is 10.6. The molecule has 1 heteroatoms. The van der Waals surface area contributed by atoms with E-state index in [4.69, 9.17) is 0 Å². The maximum Gasteiger partial charge on any atom is 0.122 e. The third-order valence-corrected chi connectivity index (χ3v) is 6.49. The lowest BCUT2D eigenvalue weighted by Crippen LogP contribution is -2.41. The quantitative estimate of drug-likeness (QED) is 0.484. The normalized spacial score (nSPS) is 13.3. The summed E-state index contributed by atoms with van der Waals surface area (Å²) in [7, 11) is 0. The Morgan fingerprint density at radius 2 is 1.15 bits per heavy atom. The Hall–Kier alpha value is -0.980. The van der Waals surface area contributed by atoms with Crippen molar-refractivity contribution in [3.8, 4) is 5.75 Å². The molecule has 0 heterocycles. The SMILES string of the molecule is CC(C)CC(c1cc(C(C)C)c(O)c(C(C)C)c1C(C)C)(C(C)C)C(C)C. The fourth-order valence-corrected chi connectivity index (χ4v) is 5.31. The Kier molecular flexibility index (Phi) is 8.03. The first-order valence-electron chi connectivity index (χ1n) is 11.2. The van der Waals surface area contributed by atoms with Crippen molar-refractivity contribution in [2.75, 3.05) is 0 Å². The Morgan fingerprint density at radius 1 is 0.704 bits per heavy atom. The molecule has 0 saturated heterocycles. The number of aromatic hydroxyl groups is 1. The lowest BCUT2D eigenvalue weighted by molar-refractivity contribution is 0.175. The van der Waals surface area contributed by atoms with E-state index < -0.39 is 0 Å². The van der Waals surface area contributed by atoms with Crippen molar-refractivity contribution in [2.45, 2.75) is 113 Å². The van der Waals surface area contributed by atoms with E-state index in [0.717, 1.165) is 5.56 Å². The van der Waals surface area contributed by atoms with Gasteiger partial charge in [0.1, 0.15) is 5.75 Å². The molecule has 0 fully saturated rings. The lowest BCUT2D eigenvalue weighted by atomic mass is 9.58. The van der Waals surface area contributed by atoms with Crippen LogP contribution in [0.5, 0.6) is 5.75 Å². The van der Waals surface area contributed by atoms with E-state index in [0.29, 0.717) is 41.3 Å². The lowest BCUT2D eigenvalue weighted by Gasteiger charge is -2.46. The highest BCUT2D eigenvalue weighted by Gasteiger charge is 2.42. The van der Waals surface area contributed by atoms with Gasteiger partial charge in [-0.2, -0.15) is 0 Å². The van der Waals surface area contributed by atoms with E-state index in [9.17, 15) is 5.11 Å². The van der Waals surface area contributed by atoms with Crippen molar-refractivity contribution < 1.29 is 5.11 Å². The molecule has 0 spiro atoms. The summed E-state index contributed by atoms with van der Waals surface area (Å²) in [5.41, 5.74) is 5.32. The summed E-state index contributed by atoms with van der Waals surface area (Å²) in [4.78, 5) is 0. The van der Waals surface area contributed by atoms with Crippen LogP contribution in [0, 0.1) is 17.8 Å². The zero-order valence-corrected chi connectivity index (χ0v) is 20.2. The molecule has 1 rings (SSSR count). The molecule has 0 atom stereocenters. The fourth-order valence-electron chi connectivity index (χ4n) is 5.31. The van der Waals surface area contributed by atoms with Crippen LogP contribution in [0.1, 0.15) is 130 Å². The number of hydrogen-bond acceptors (Lipinski definition) is 1. The first-order chi connectivity index (χ1) is 12.3. The molecule has 1 N–H and O–H groups in total. The summed E-state index contributed by atoms with van der Waals surface area (Å²) in [6.07, 6.45) is 1.18. The van der Waals surface area contributed by atoms with Gasteiger partial charge in [0.2, 0.25) is 0 Å². The summed E-state index contributed by atoms with van der Waals surface area (Å²) in [6, 6.07) is 2.38. The van der Waals surface area contributed by atoms with Crippen LogP contribution in [0.15, 0.2) is 6.07 Å². The molecule has 0 aliphatic heterocycles. The molecule has 0 saturated carbocycles. The van der Waals surface area contributed by atoms with Crippen LogP contribution in [-0.2, 0) is 5.41 Å². The van der Waals surface area contributed by atoms with Gasteiger partial charge < -0.3 is 5.11 Å². The molecule has 0 amide bonds. The van der Waals surface area contributed by atoms with Gasteiger partial charge in [0.15, 0.2) is 0 Å². The number of rotatable bonds is 8. The Bertz CT molecular complexity index is 610. The van der Waals surface area contributed by atoms with Crippen molar-refractivity contribution >= 4 is 0 Å². The Morgan fingerprint density at radius 3 is 1.44 bits per heavy atom. The van der Waals surface area contributed by atoms with Gasteiger partial charge in [-0.1, -0.05) is 89.2 Å². The molecule has 27 heavy (non-hydrogen) atoms. The van der Waals surface area contributed by atoms with E-state index in [2.05, 4.69) is 89.2 Å². The average molecular weight is 375 g/mol. The Balaban J connectivity index is 4.13. The molecule has 0 aromatic heterocycles. The molecular weight excluding hydrogens is 328 g/mol. The van der Waals surface area contributed by atoms with Crippen LogP contribution in [-0.4, -0.2) is 5.11 Å². The minimum Gasteiger partial charge on any atom is -0.507 e. The molecular formula is C26H46O. The zero-order chi connectivity index (χ0) is 21.3. The van der Waals surface area contributed by atoms with Crippen LogP contribution in [0.2, 0.25) is 0 Å². The minimum absolute atomic E-state index is 0.120. The van der Waals surface area contributed by atoms with Gasteiger partial charge in [-0.25, -0.2) is 0 Å². The van der Waals surface area contributed by atoms with Crippen LogP contribution in [0.3, 0.4) is 0 Å². The Labute approximate surface area is 170 Å². The predicted octanol–water partition coefficient (Wildman–Crippen LogP) is 8.36. The highest BCUT2D eigenvalue weighted by molar-refractivity contribution is 5.56. The van der Waals surface area contributed by atoms with Gasteiger partial charge in [-0.05, 0) is 58.6 Å². The summed E-state index contributed by atoms with van der Waals surface area (Å²) in [5.74, 6) is 3.29. The molecule has 156 valence electrons. The maximum absolute atomic E-state index is 11.2. The van der Waals surface area contributed by atoms with Crippen molar-refractivity contribution in [3.63, 3.8) is 0 Å². The molecule has 0 bridgehead atoms. The first-order valence-corrected chi connectivity index (χ1v) is 11.2. The van der Waals surface area contributed by atoms with Crippen molar-refractivity contribution in [1.29, 1.82) is 0 Å². The van der Waals surface area contributed by atoms with E-state index in [1.54, 1.807) is 0 Å². The van der Waals surface area contributed by atoms with Gasteiger partial charge >= 0.3 is 0 Å². The van der Waals surface area contributed by atoms with E-state index in [1.165, 1.54) is 23.1 Å². The average Bonchev–Trinajstić information content (AvgIpc) is 2.50. The van der Waals surface area contributed by atoms with Gasteiger partial charge in [-0.15, -0.1) is 0 Å². The first kappa shape index (κ1) is 24.1. The molecule has 0 aliphatic carbocycles. The van der Waals surface area contributed by atoms with Crippen molar-refractivity contribution in [3.05, 3.63) is 28.3 Å². The summed E-state index contributed by atoms with van der Waals surface area (Å²) < 4.78 is 0.